The monoisotopic (exact) mass is 234 g/mol. The molecule has 0 spiro atoms. The fraction of sp³-hybridized carbons (Fsp3) is 0.462. The molecule has 17 heavy (non-hydrogen) atoms. The number of nitrogens with zero attached hydrogens (tertiary/aromatic N) is 1. The second kappa shape index (κ2) is 4.75. The van der Waals surface area contributed by atoms with Crippen LogP contribution in [-0.2, 0) is 4.79 Å². The van der Waals surface area contributed by atoms with Gasteiger partial charge in [0.25, 0.3) is 0 Å². The molecule has 0 saturated heterocycles. The van der Waals surface area contributed by atoms with Crippen LogP contribution in [-0.4, -0.2) is 31.5 Å². The molecule has 1 N–H and O–H groups in total. The Hall–Kier alpha value is -1.55. The minimum Gasteiger partial charge on any atom is -0.491 e. The van der Waals surface area contributed by atoms with Gasteiger partial charge in [0.05, 0.1) is 12.3 Å². The van der Waals surface area contributed by atoms with Crippen LogP contribution >= 0.6 is 0 Å². The lowest BCUT2D eigenvalue weighted by atomic mass is 9.99. The van der Waals surface area contributed by atoms with E-state index in [0.717, 1.165) is 23.4 Å². The lowest BCUT2D eigenvalue weighted by Crippen LogP contribution is -2.26. The summed E-state index contributed by atoms with van der Waals surface area (Å²) >= 11 is 0. The highest BCUT2D eigenvalue weighted by Crippen LogP contribution is 2.39. The van der Waals surface area contributed by atoms with E-state index < -0.39 is 0 Å². The van der Waals surface area contributed by atoms with Gasteiger partial charge in [-0.2, -0.15) is 0 Å². The van der Waals surface area contributed by atoms with Crippen molar-refractivity contribution in [3.05, 3.63) is 23.8 Å². The molecule has 1 heterocycles. The van der Waals surface area contributed by atoms with Crippen molar-refractivity contribution < 1.29 is 9.53 Å². The molecule has 4 nitrogen and oxygen atoms in total. The predicted octanol–water partition coefficient (Wildman–Crippen LogP) is 2.03. The van der Waals surface area contributed by atoms with Crippen molar-refractivity contribution in [1.29, 1.82) is 0 Å². The Labute approximate surface area is 102 Å². The van der Waals surface area contributed by atoms with Crippen molar-refractivity contribution in [2.24, 2.45) is 0 Å². The maximum atomic E-state index is 11.1. The van der Waals surface area contributed by atoms with Crippen LogP contribution in [0.2, 0.25) is 0 Å². The molecule has 1 aromatic carbocycles. The van der Waals surface area contributed by atoms with Crippen molar-refractivity contribution in [3.8, 4) is 5.75 Å². The number of ether oxygens (including phenoxy) is 1. The molecule has 1 unspecified atom stereocenters. The number of anilines is 1. The third-order valence-corrected chi connectivity index (χ3v) is 2.98. The third kappa shape index (κ3) is 2.42. The van der Waals surface area contributed by atoms with Crippen LogP contribution in [0, 0.1) is 0 Å². The van der Waals surface area contributed by atoms with E-state index in [9.17, 15) is 4.79 Å². The number of para-hydroxylation sites is 1. The van der Waals surface area contributed by atoms with Gasteiger partial charge < -0.3 is 15.0 Å². The summed E-state index contributed by atoms with van der Waals surface area (Å²) < 4.78 is 5.69. The number of carbonyl (C=O) groups is 1. The van der Waals surface area contributed by atoms with Gasteiger partial charge in [0.2, 0.25) is 5.91 Å². The number of carbonyl (C=O) groups excluding carboxylic acids is 1. The lowest BCUT2D eigenvalue weighted by molar-refractivity contribution is -0.114. The zero-order chi connectivity index (χ0) is 12.4. The first-order valence-corrected chi connectivity index (χ1v) is 5.79. The molecule has 0 radical (unpaired) electrons. The van der Waals surface area contributed by atoms with Crippen molar-refractivity contribution in [1.82, 2.24) is 4.90 Å². The topological polar surface area (TPSA) is 41.6 Å². The summed E-state index contributed by atoms with van der Waals surface area (Å²) in [6.45, 7) is 2.19. The Morgan fingerprint density at radius 3 is 2.88 bits per heavy atom. The number of fused-ring (bicyclic) bond motifs is 1. The van der Waals surface area contributed by atoms with E-state index in [1.807, 2.05) is 12.1 Å². The second-order valence-corrected chi connectivity index (χ2v) is 4.52. The van der Waals surface area contributed by atoms with Crippen LogP contribution in [0.25, 0.3) is 0 Å². The van der Waals surface area contributed by atoms with Crippen LogP contribution in [0.15, 0.2) is 18.2 Å². The molecule has 0 aromatic heterocycles. The summed E-state index contributed by atoms with van der Waals surface area (Å²) in [6, 6.07) is 6.24. The van der Waals surface area contributed by atoms with Gasteiger partial charge in [-0.1, -0.05) is 12.1 Å². The lowest BCUT2D eigenvalue weighted by Gasteiger charge is -2.31. The van der Waals surface area contributed by atoms with E-state index in [1.165, 1.54) is 6.92 Å². The number of rotatable bonds is 2. The van der Waals surface area contributed by atoms with Gasteiger partial charge in [0.15, 0.2) is 0 Å². The van der Waals surface area contributed by atoms with Crippen LogP contribution in [0.3, 0.4) is 0 Å². The molecule has 0 aliphatic carbocycles. The second-order valence-electron chi connectivity index (χ2n) is 4.52. The minimum absolute atomic E-state index is 0.0750. The van der Waals surface area contributed by atoms with E-state index in [1.54, 1.807) is 0 Å². The largest absolute Gasteiger partial charge is 0.491 e. The Morgan fingerprint density at radius 2 is 2.24 bits per heavy atom. The predicted molar refractivity (Wildman–Crippen MR) is 67.3 cm³/mol. The van der Waals surface area contributed by atoms with Gasteiger partial charge in [-0.3, -0.25) is 4.79 Å². The van der Waals surface area contributed by atoms with Crippen molar-refractivity contribution >= 4 is 11.6 Å². The first-order chi connectivity index (χ1) is 8.09. The number of amides is 1. The van der Waals surface area contributed by atoms with E-state index in [0.29, 0.717) is 12.6 Å². The normalized spacial score (nSPS) is 18.5. The molecule has 1 aliphatic rings. The van der Waals surface area contributed by atoms with Crippen molar-refractivity contribution in [2.45, 2.75) is 19.4 Å². The number of benzene rings is 1. The highest BCUT2D eigenvalue weighted by Gasteiger charge is 2.25. The molecule has 0 bridgehead atoms. The fourth-order valence-electron chi connectivity index (χ4n) is 2.23. The summed E-state index contributed by atoms with van der Waals surface area (Å²) in [7, 11) is 4.12. The van der Waals surface area contributed by atoms with E-state index in [2.05, 4.69) is 30.4 Å². The summed E-state index contributed by atoms with van der Waals surface area (Å²) in [6.07, 6.45) is 0.976. The maximum absolute atomic E-state index is 11.1. The molecule has 0 saturated carbocycles. The van der Waals surface area contributed by atoms with Gasteiger partial charge >= 0.3 is 0 Å². The highest BCUT2D eigenvalue weighted by atomic mass is 16.5. The Kier molecular flexibility index (Phi) is 3.33. The molecular weight excluding hydrogens is 216 g/mol. The van der Waals surface area contributed by atoms with Gasteiger partial charge in [-0.25, -0.2) is 0 Å². The summed E-state index contributed by atoms with van der Waals surface area (Å²) in [4.78, 5) is 13.3. The number of hydrogen-bond acceptors (Lipinski definition) is 3. The van der Waals surface area contributed by atoms with Crippen molar-refractivity contribution in [2.75, 3.05) is 26.0 Å². The quantitative estimate of drug-likeness (QED) is 0.851. The molecular formula is C13H18N2O2. The van der Waals surface area contributed by atoms with Crippen LogP contribution in [0.4, 0.5) is 5.69 Å². The molecule has 1 atom stereocenters. The minimum atomic E-state index is -0.0750. The van der Waals surface area contributed by atoms with Crippen LogP contribution < -0.4 is 10.1 Å². The molecule has 1 aliphatic heterocycles. The van der Waals surface area contributed by atoms with Crippen LogP contribution in [0.1, 0.15) is 24.9 Å². The zero-order valence-electron chi connectivity index (χ0n) is 10.5. The molecule has 1 amide bonds. The first-order valence-electron chi connectivity index (χ1n) is 5.79. The molecule has 92 valence electrons. The smallest absolute Gasteiger partial charge is 0.221 e. The highest BCUT2D eigenvalue weighted by molar-refractivity contribution is 5.90. The van der Waals surface area contributed by atoms with Gasteiger partial charge in [-0.15, -0.1) is 0 Å². The molecule has 1 aromatic rings. The SMILES string of the molecule is CC(=O)Nc1cccc2c1OCCC2N(C)C. The summed E-state index contributed by atoms with van der Waals surface area (Å²) in [5, 5.41) is 2.81. The van der Waals surface area contributed by atoms with Gasteiger partial charge in [-0.05, 0) is 20.2 Å². The van der Waals surface area contributed by atoms with Gasteiger partial charge in [0, 0.05) is 24.9 Å². The molecule has 4 heteroatoms. The van der Waals surface area contributed by atoms with Gasteiger partial charge in [0.1, 0.15) is 5.75 Å². The average Bonchev–Trinajstić information content (AvgIpc) is 2.28. The van der Waals surface area contributed by atoms with Crippen molar-refractivity contribution in [3.63, 3.8) is 0 Å². The van der Waals surface area contributed by atoms with E-state index in [4.69, 9.17) is 4.74 Å². The number of nitrogens with one attached hydrogen (secondary N) is 1. The molecule has 0 fully saturated rings. The van der Waals surface area contributed by atoms with E-state index >= 15 is 0 Å². The third-order valence-electron chi connectivity index (χ3n) is 2.98. The first kappa shape index (κ1) is 11.9. The summed E-state index contributed by atoms with van der Waals surface area (Å²) in [5.74, 6) is 0.738. The van der Waals surface area contributed by atoms with Crippen LogP contribution in [0.5, 0.6) is 5.75 Å². The Balaban J connectivity index is 2.40. The zero-order valence-corrected chi connectivity index (χ0v) is 10.5. The number of hydrogen-bond donors (Lipinski definition) is 1. The average molecular weight is 234 g/mol. The Bertz CT molecular complexity index is 429. The maximum Gasteiger partial charge on any atom is 0.221 e. The fourth-order valence-corrected chi connectivity index (χ4v) is 2.23. The molecule has 2 rings (SSSR count). The summed E-state index contributed by atoms with van der Waals surface area (Å²) in [5.41, 5.74) is 1.91. The standard InChI is InChI=1S/C13H18N2O2/c1-9(16)14-11-6-4-5-10-12(15(2)3)7-8-17-13(10)11/h4-6,12H,7-8H2,1-3H3,(H,14,16). The van der Waals surface area contributed by atoms with E-state index in [-0.39, 0.29) is 5.91 Å². The Morgan fingerprint density at radius 1 is 1.47 bits per heavy atom.